The lowest BCUT2D eigenvalue weighted by Gasteiger charge is -2.36. The molecule has 1 saturated carbocycles. The number of anilines is 2. The van der Waals surface area contributed by atoms with Crippen molar-refractivity contribution in [3.8, 4) is 11.3 Å². The van der Waals surface area contributed by atoms with Crippen LogP contribution in [-0.2, 0) is 6.54 Å². The molecule has 2 aliphatic rings. The van der Waals surface area contributed by atoms with Crippen molar-refractivity contribution in [1.82, 2.24) is 24.8 Å². The average Bonchev–Trinajstić information content (AvgIpc) is 2.87. The molecular formula is C27H43N7O. The maximum atomic E-state index is 9.89. The highest BCUT2D eigenvalue weighted by Crippen LogP contribution is 2.29. The zero-order chi connectivity index (χ0) is 24.6. The first-order valence-corrected chi connectivity index (χ1v) is 13.5. The van der Waals surface area contributed by atoms with E-state index in [1.165, 1.54) is 5.56 Å². The molecule has 0 spiro atoms. The number of nitrogens with zero attached hydrogens (tertiary/aromatic N) is 5. The number of unbranched alkanes of at least 4 members (excludes halogenated alkanes) is 1. The molecule has 0 radical (unpaired) electrons. The van der Waals surface area contributed by atoms with Gasteiger partial charge in [-0.3, -0.25) is 14.8 Å². The van der Waals surface area contributed by atoms with E-state index in [9.17, 15) is 5.11 Å². The number of nitrogens with one attached hydrogen (secondary N) is 2. The van der Waals surface area contributed by atoms with E-state index in [0.29, 0.717) is 18.0 Å². The van der Waals surface area contributed by atoms with Crippen molar-refractivity contribution in [3.63, 3.8) is 0 Å². The summed E-state index contributed by atoms with van der Waals surface area (Å²) in [6.07, 6.45) is 9.47. The summed E-state index contributed by atoms with van der Waals surface area (Å²) in [6, 6.07) is 5.21. The van der Waals surface area contributed by atoms with Gasteiger partial charge in [0.25, 0.3) is 0 Å². The molecule has 8 nitrogen and oxygen atoms in total. The molecule has 35 heavy (non-hydrogen) atoms. The second-order valence-corrected chi connectivity index (χ2v) is 10.3. The van der Waals surface area contributed by atoms with Crippen molar-refractivity contribution in [2.45, 2.75) is 84.0 Å². The summed E-state index contributed by atoms with van der Waals surface area (Å²) in [5.74, 6) is 1.48. The maximum absolute atomic E-state index is 9.89. The van der Waals surface area contributed by atoms with Crippen molar-refractivity contribution < 1.29 is 5.11 Å². The smallest absolute Gasteiger partial charge is 0.224 e. The third-order valence-corrected chi connectivity index (χ3v) is 7.28. The SMILES string of the molecule is CCCCNc1ncc(-c2ccc(CN3CCN(C(C)C)CC3)cn2)c(NC2CCC(O)CC2)n1. The first-order chi connectivity index (χ1) is 17.0. The summed E-state index contributed by atoms with van der Waals surface area (Å²) in [5, 5.41) is 16.9. The van der Waals surface area contributed by atoms with Gasteiger partial charge in [-0.2, -0.15) is 4.98 Å². The average molecular weight is 482 g/mol. The van der Waals surface area contributed by atoms with E-state index in [0.717, 1.165) is 94.9 Å². The lowest BCUT2D eigenvalue weighted by Crippen LogP contribution is -2.48. The Morgan fingerprint density at radius 3 is 2.46 bits per heavy atom. The van der Waals surface area contributed by atoms with Gasteiger partial charge in [-0.15, -0.1) is 0 Å². The Hall–Kier alpha value is -2.29. The maximum Gasteiger partial charge on any atom is 0.224 e. The zero-order valence-corrected chi connectivity index (χ0v) is 21.7. The van der Waals surface area contributed by atoms with Crippen LogP contribution in [0.3, 0.4) is 0 Å². The lowest BCUT2D eigenvalue weighted by atomic mass is 9.93. The third-order valence-electron chi connectivity index (χ3n) is 7.28. The van der Waals surface area contributed by atoms with Gasteiger partial charge >= 0.3 is 0 Å². The van der Waals surface area contributed by atoms with E-state index in [2.05, 4.69) is 58.3 Å². The molecule has 0 aromatic carbocycles. The van der Waals surface area contributed by atoms with Crippen LogP contribution in [0.1, 0.15) is 64.9 Å². The highest BCUT2D eigenvalue weighted by Gasteiger charge is 2.22. The van der Waals surface area contributed by atoms with Crippen LogP contribution < -0.4 is 10.6 Å². The predicted molar refractivity (Wildman–Crippen MR) is 143 cm³/mol. The number of rotatable bonds is 10. The minimum Gasteiger partial charge on any atom is -0.393 e. The number of pyridine rings is 1. The van der Waals surface area contributed by atoms with Crippen LogP contribution in [0.2, 0.25) is 0 Å². The Morgan fingerprint density at radius 2 is 1.80 bits per heavy atom. The molecule has 1 aliphatic carbocycles. The molecule has 0 atom stereocenters. The van der Waals surface area contributed by atoms with Gasteiger partial charge in [0.15, 0.2) is 0 Å². The standard InChI is InChI=1S/C27H43N7O/c1-4-5-12-28-27-30-18-24(26(32-27)31-22-7-9-23(35)10-8-22)25-11-6-21(17-29-25)19-33-13-15-34(16-14-33)20(2)3/h6,11,17-18,20,22-23,35H,4-5,7-10,12-16,19H2,1-3H3,(H2,28,30,31,32). The summed E-state index contributed by atoms with van der Waals surface area (Å²) in [6.45, 7) is 13.0. The largest absolute Gasteiger partial charge is 0.393 e. The fourth-order valence-electron chi connectivity index (χ4n) is 4.93. The van der Waals surface area contributed by atoms with Crippen LogP contribution >= 0.6 is 0 Å². The molecule has 2 aromatic rings. The Labute approximate surface area is 210 Å². The molecule has 192 valence electrons. The molecule has 1 aliphatic heterocycles. The van der Waals surface area contributed by atoms with Gasteiger partial charge < -0.3 is 15.7 Å². The molecule has 2 fully saturated rings. The van der Waals surface area contributed by atoms with Crippen LogP contribution in [0.5, 0.6) is 0 Å². The minimum absolute atomic E-state index is 0.174. The second kappa shape index (κ2) is 12.6. The van der Waals surface area contributed by atoms with E-state index in [1.54, 1.807) is 0 Å². The molecule has 3 heterocycles. The molecule has 3 N–H and O–H groups in total. The van der Waals surface area contributed by atoms with E-state index in [-0.39, 0.29) is 6.10 Å². The number of aliphatic hydroxyl groups is 1. The molecule has 0 bridgehead atoms. The number of aliphatic hydroxyl groups excluding tert-OH is 1. The summed E-state index contributed by atoms with van der Waals surface area (Å²) < 4.78 is 0. The van der Waals surface area contributed by atoms with Crippen LogP contribution in [0, 0.1) is 0 Å². The van der Waals surface area contributed by atoms with Crippen LogP contribution in [0.15, 0.2) is 24.5 Å². The zero-order valence-electron chi connectivity index (χ0n) is 21.7. The molecule has 2 aromatic heterocycles. The normalized spacial score (nSPS) is 21.9. The van der Waals surface area contributed by atoms with Gasteiger partial charge in [0.2, 0.25) is 5.95 Å². The monoisotopic (exact) mass is 481 g/mol. The van der Waals surface area contributed by atoms with Crippen LogP contribution in [0.25, 0.3) is 11.3 Å². The molecule has 0 amide bonds. The number of aromatic nitrogens is 3. The molecule has 4 rings (SSSR count). The van der Waals surface area contributed by atoms with E-state index < -0.39 is 0 Å². The lowest BCUT2D eigenvalue weighted by molar-refractivity contribution is 0.104. The van der Waals surface area contributed by atoms with Gasteiger partial charge in [0, 0.05) is 63.7 Å². The van der Waals surface area contributed by atoms with Crippen LogP contribution in [-0.4, -0.2) is 80.8 Å². The predicted octanol–water partition coefficient (Wildman–Crippen LogP) is 3.99. The van der Waals surface area contributed by atoms with E-state index >= 15 is 0 Å². The first kappa shape index (κ1) is 25.8. The summed E-state index contributed by atoms with van der Waals surface area (Å²) >= 11 is 0. The molecule has 1 saturated heterocycles. The first-order valence-electron chi connectivity index (χ1n) is 13.5. The van der Waals surface area contributed by atoms with Gasteiger partial charge in [-0.1, -0.05) is 19.4 Å². The van der Waals surface area contributed by atoms with Crippen molar-refractivity contribution in [2.75, 3.05) is 43.4 Å². The molecule has 8 heteroatoms. The van der Waals surface area contributed by atoms with Gasteiger partial charge in [0.1, 0.15) is 5.82 Å². The van der Waals surface area contributed by atoms with Crippen molar-refractivity contribution >= 4 is 11.8 Å². The third kappa shape index (κ3) is 7.35. The number of hydrogen-bond donors (Lipinski definition) is 3. The topological polar surface area (TPSA) is 89.4 Å². The minimum atomic E-state index is -0.174. The van der Waals surface area contributed by atoms with Gasteiger partial charge in [-0.25, -0.2) is 4.98 Å². The number of piperazine rings is 1. The van der Waals surface area contributed by atoms with Crippen LogP contribution in [0.4, 0.5) is 11.8 Å². The van der Waals surface area contributed by atoms with Gasteiger partial charge in [-0.05, 0) is 57.6 Å². The van der Waals surface area contributed by atoms with Crippen molar-refractivity contribution in [3.05, 3.63) is 30.1 Å². The van der Waals surface area contributed by atoms with E-state index in [4.69, 9.17) is 9.97 Å². The second-order valence-electron chi connectivity index (χ2n) is 10.3. The van der Waals surface area contributed by atoms with Crippen molar-refractivity contribution in [2.24, 2.45) is 0 Å². The quantitative estimate of drug-likeness (QED) is 0.439. The number of hydrogen-bond acceptors (Lipinski definition) is 8. The van der Waals surface area contributed by atoms with Gasteiger partial charge in [0.05, 0.1) is 17.4 Å². The highest BCUT2D eigenvalue weighted by atomic mass is 16.3. The fraction of sp³-hybridized carbons (Fsp3) is 0.667. The fourth-order valence-corrected chi connectivity index (χ4v) is 4.93. The Bertz CT molecular complexity index is 904. The molecular weight excluding hydrogens is 438 g/mol. The van der Waals surface area contributed by atoms with E-state index in [1.807, 2.05) is 12.4 Å². The Kier molecular flexibility index (Phi) is 9.29. The highest BCUT2D eigenvalue weighted by molar-refractivity contribution is 5.73. The Morgan fingerprint density at radius 1 is 1.03 bits per heavy atom. The summed E-state index contributed by atoms with van der Waals surface area (Å²) in [4.78, 5) is 19.3. The molecule has 0 unspecified atom stereocenters. The Balaban J connectivity index is 1.45. The summed E-state index contributed by atoms with van der Waals surface area (Å²) in [5.41, 5.74) is 3.05. The van der Waals surface area contributed by atoms with Crippen molar-refractivity contribution in [1.29, 1.82) is 0 Å². The summed E-state index contributed by atoms with van der Waals surface area (Å²) in [7, 11) is 0.